The molecule has 1 saturated heterocycles. The number of carbonyl (C=O) groups excluding carboxylic acids is 1. The maximum absolute atomic E-state index is 14.2. The van der Waals surface area contributed by atoms with Gasteiger partial charge in [-0.05, 0) is 103 Å². The standard InChI is InChI=1S/C33H33FN2O2/c1-3-23-7-9-25(10-8-23)33(37)35-28-13-11-24(12-14-28)31-16-15-30(38-29-17-19-36(2)20-18-29)22-32(31)26-5-4-6-27(34)21-26/h4-16,21-22,29H,3,17-20H2,1-2H3,(H,35,37). The van der Waals surface area contributed by atoms with Gasteiger partial charge in [0.15, 0.2) is 0 Å². The topological polar surface area (TPSA) is 41.6 Å². The van der Waals surface area contributed by atoms with E-state index in [1.807, 2.05) is 72.8 Å². The van der Waals surface area contributed by atoms with Gasteiger partial charge in [-0.25, -0.2) is 4.39 Å². The maximum Gasteiger partial charge on any atom is 0.255 e. The smallest absolute Gasteiger partial charge is 0.255 e. The van der Waals surface area contributed by atoms with Gasteiger partial charge >= 0.3 is 0 Å². The molecule has 0 radical (unpaired) electrons. The van der Waals surface area contributed by atoms with Crippen LogP contribution in [0.5, 0.6) is 5.75 Å². The van der Waals surface area contributed by atoms with Crippen LogP contribution in [-0.2, 0) is 6.42 Å². The van der Waals surface area contributed by atoms with Crippen molar-refractivity contribution in [2.24, 2.45) is 0 Å². The van der Waals surface area contributed by atoms with Crippen LogP contribution in [0.1, 0.15) is 35.7 Å². The molecule has 4 aromatic rings. The van der Waals surface area contributed by atoms with Crippen LogP contribution in [0.3, 0.4) is 0 Å². The molecule has 0 aromatic heterocycles. The van der Waals surface area contributed by atoms with Gasteiger partial charge in [0.2, 0.25) is 0 Å². The summed E-state index contributed by atoms with van der Waals surface area (Å²) in [6, 6.07) is 28.1. The fourth-order valence-electron chi connectivity index (χ4n) is 4.87. The fraction of sp³-hybridized carbons (Fsp3) is 0.242. The number of ether oxygens (including phenoxy) is 1. The van der Waals surface area contributed by atoms with Gasteiger partial charge in [-0.3, -0.25) is 4.79 Å². The van der Waals surface area contributed by atoms with E-state index < -0.39 is 0 Å². The predicted molar refractivity (Wildman–Crippen MR) is 152 cm³/mol. The van der Waals surface area contributed by atoms with Gasteiger partial charge < -0.3 is 15.0 Å². The molecule has 1 heterocycles. The molecule has 0 saturated carbocycles. The third kappa shape index (κ3) is 6.12. The van der Waals surface area contributed by atoms with Gasteiger partial charge in [0.1, 0.15) is 17.7 Å². The molecule has 1 aliphatic heterocycles. The highest BCUT2D eigenvalue weighted by molar-refractivity contribution is 6.04. The van der Waals surface area contributed by atoms with Crippen LogP contribution in [0, 0.1) is 5.82 Å². The summed E-state index contributed by atoms with van der Waals surface area (Å²) >= 11 is 0. The zero-order valence-corrected chi connectivity index (χ0v) is 21.9. The molecular weight excluding hydrogens is 475 g/mol. The van der Waals surface area contributed by atoms with Crippen molar-refractivity contribution in [1.29, 1.82) is 0 Å². The largest absolute Gasteiger partial charge is 0.490 e. The Morgan fingerprint density at radius 2 is 1.63 bits per heavy atom. The number of carbonyl (C=O) groups is 1. The Hall–Kier alpha value is -3.96. The minimum absolute atomic E-state index is 0.142. The molecule has 0 spiro atoms. The summed E-state index contributed by atoms with van der Waals surface area (Å²) in [5.74, 6) is 0.372. The Labute approximate surface area is 224 Å². The second-order valence-corrected chi connectivity index (χ2v) is 9.92. The van der Waals surface area contributed by atoms with Crippen LogP contribution in [-0.4, -0.2) is 37.0 Å². The second kappa shape index (κ2) is 11.6. The molecule has 0 unspecified atom stereocenters. The number of amides is 1. The molecule has 4 aromatic carbocycles. The predicted octanol–water partition coefficient (Wildman–Crippen LogP) is 7.45. The van der Waals surface area contributed by atoms with E-state index in [-0.39, 0.29) is 17.8 Å². The van der Waals surface area contributed by atoms with E-state index in [1.165, 1.54) is 11.6 Å². The number of rotatable bonds is 7. The average molecular weight is 509 g/mol. The van der Waals surface area contributed by atoms with Crippen molar-refractivity contribution in [3.05, 3.63) is 108 Å². The third-order valence-corrected chi connectivity index (χ3v) is 7.17. The number of halogens is 1. The molecule has 194 valence electrons. The quantitative estimate of drug-likeness (QED) is 0.282. The van der Waals surface area contributed by atoms with Gasteiger partial charge in [-0.1, -0.05) is 49.4 Å². The van der Waals surface area contributed by atoms with E-state index in [1.54, 1.807) is 12.1 Å². The lowest BCUT2D eigenvalue weighted by Gasteiger charge is -2.29. The summed E-state index contributed by atoms with van der Waals surface area (Å²) in [5, 5.41) is 2.97. The lowest BCUT2D eigenvalue weighted by atomic mass is 9.94. The molecule has 1 fully saturated rings. The van der Waals surface area contributed by atoms with E-state index >= 15 is 0 Å². The maximum atomic E-state index is 14.2. The number of benzene rings is 4. The number of hydrogen-bond acceptors (Lipinski definition) is 3. The normalized spacial score (nSPS) is 14.3. The van der Waals surface area contributed by atoms with Crippen molar-refractivity contribution < 1.29 is 13.9 Å². The third-order valence-electron chi connectivity index (χ3n) is 7.17. The lowest BCUT2D eigenvalue weighted by molar-refractivity contribution is 0.102. The molecule has 5 rings (SSSR count). The molecule has 4 nitrogen and oxygen atoms in total. The molecule has 0 atom stereocenters. The van der Waals surface area contributed by atoms with E-state index in [0.717, 1.165) is 60.4 Å². The summed E-state index contributed by atoms with van der Waals surface area (Å²) in [4.78, 5) is 15.0. The van der Waals surface area contributed by atoms with E-state index in [4.69, 9.17) is 4.74 Å². The van der Waals surface area contributed by atoms with E-state index in [9.17, 15) is 9.18 Å². The SMILES string of the molecule is CCc1ccc(C(=O)Nc2ccc(-c3ccc(OC4CCN(C)CC4)cc3-c3cccc(F)c3)cc2)cc1. The molecular formula is C33H33FN2O2. The molecule has 0 aliphatic carbocycles. The van der Waals surface area contributed by atoms with Crippen LogP contribution in [0.2, 0.25) is 0 Å². The highest BCUT2D eigenvalue weighted by atomic mass is 19.1. The van der Waals surface area contributed by atoms with E-state index in [0.29, 0.717) is 11.3 Å². The van der Waals surface area contributed by atoms with Crippen molar-refractivity contribution >= 4 is 11.6 Å². The lowest BCUT2D eigenvalue weighted by Crippen LogP contribution is -2.35. The molecule has 1 aliphatic rings. The minimum Gasteiger partial charge on any atom is -0.490 e. The first-order valence-corrected chi connectivity index (χ1v) is 13.2. The second-order valence-electron chi connectivity index (χ2n) is 9.92. The average Bonchev–Trinajstić information content (AvgIpc) is 2.95. The van der Waals surface area contributed by atoms with Gasteiger partial charge in [0, 0.05) is 24.3 Å². The molecule has 1 N–H and O–H groups in total. The molecule has 5 heteroatoms. The number of hydrogen-bond donors (Lipinski definition) is 1. The number of nitrogens with zero attached hydrogens (tertiary/aromatic N) is 1. The number of nitrogens with one attached hydrogen (secondary N) is 1. The van der Waals surface area contributed by atoms with Crippen molar-refractivity contribution in [3.8, 4) is 28.0 Å². The number of piperidine rings is 1. The summed E-state index contributed by atoms with van der Waals surface area (Å²) in [6.45, 7) is 4.13. The Kier molecular flexibility index (Phi) is 7.85. The van der Waals surface area contributed by atoms with Crippen molar-refractivity contribution in [2.75, 3.05) is 25.5 Å². The molecule has 1 amide bonds. The van der Waals surface area contributed by atoms with Gasteiger partial charge in [0.25, 0.3) is 5.91 Å². The first kappa shape index (κ1) is 25.7. The fourth-order valence-corrected chi connectivity index (χ4v) is 4.87. The Morgan fingerprint density at radius 3 is 2.32 bits per heavy atom. The highest BCUT2D eigenvalue weighted by Gasteiger charge is 2.19. The van der Waals surface area contributed by atoms with Gasteiger partial charge in [-0.15, -0.1) is 0 Å². The molecule has 0 bridgehead atoms. The number of anilines is 1. The van der Waals surface area contributed by atoms with Crippen LogP contribution in [0.25, 0.3) is 22.3 Å². The first-order valence-electron chi connectivity index (χ1n) is 13.2. The highest BCUT2D eigenvalue weighted by Crippen LogP contribution is 2.36. The Balaban J connectivity index is 1.39. The summed E-state index contributed by atoms with van der Waals surface area (Å²) in [5.41, 5.74) is 6.18. The van der Waals surface area contributed by atoms with Crippen LogP contribution >= 0.6 is 0 Å². The van der Waals surface area contributed by atoms with Crippen molar-refractivity contribution in [1.82, 2.24) is 4.90 Å². The zero-order valence-electron chi connectivity index (χ0n) is 21.9. The summed E-state index contributed by atoms with van der Waals surface area (Å²) < 4.78 is 20.5. The van der Waals surface area contributed by atoms with Crippen LogP contribution in [0.15, 0.2) is 91.0 Å². The van der Waals surface area contributed by atoms with Gasteiger partial charge in [0.05, 0.1) is 0 Å². The molecule has 38 heavy (non-hydrogen) atoms. The van der Waals surface area contributed by atoms with E-state index in [2.05, 4.69) is 24.2 Å². The van der Waals surface area contributed by atoms with Crippen molar-refractivity contribution in [3.63, 3.8) is 0 Å². The van der Waals surface area contributed by atoms with Crippen LogP contribution < -0.4 is 10.1 Å². The van der Waals surface area contributed by atoms with Crippen LogP contribution in [0.4, 0.5) is 10.1 Å². The Bertz CT molecular complexity index is 1390. The first-order chi connectivity index (χ1) is 18.5. The summed E-state index contributed by atoms with van der Waals surface area (Å²) in [6.07, 6.45) is 3.10. The van der Waals surface area contributed by atoms with Gasteiger partial charge in [-0.2, -0.15) is 0 Å². The number of aryl methyl sites for hydroxylation is 1. The minimum atomic E-state index is -0.278. The van der Waals surface area contributed by atoms with Crippen molar-refractivity contribution in [2.45, 2.75) is 32.3 Å². The number of likely N-dealkylation sites (tertiary alicyclic amines) is 1. The monoisotopic (exact) mass is 508 g/mol. The summed E-state index contributed by atoms with van der Waals surface area (Å²) in [7, 11) is 2.13. The zero-order chi connectivity index (χ0) is 26.5. The Morgan fingerprint density at radius 1 is 0.895 bits per heavy atom.